The van der Waals surface area contributed by atoms with E-state index in [-0.39, 0.29) is 5.15 Å². The van der Waals surface area contributed by atoms with Gasteiger partial charge in [0.1, 0.15) is 10.9 Å². The van der Waals surface area contributed by atoms with E-state index in [1.165, 1.54) is 11.3 Å². The first-order valence-corrected chi connectivity index (χ1v) is 5.63. The molecule has 8 heteroatoms. The van der Waals surface area contributed by atoms with Crippen molar-refractivity contribution in [2.24, 2.45) is 0 Å². The first-order valence-electron chi connectivity index (χ1n) is 4.44. The van der Waals surface area contributed by atoms with E-state index in [0.717, 1.165) is 0 Å². The number of anilines is 1. The van der Waals surface area contributed by atoms with Gasteiger partial charge in [0.15, 0.2) is 10.3 Å². The van der Waals surface area contributed by atoms with Crippen LogP contribution in [0, 0.1) is 11.3 Å². The Morgan fingerprint density at radius 1 is 1.62 bits per heavy atom. The van der Waals surface area contributed by atoms with Crippen LogP contribution in [0.1, 0.15) is 4.88 Å². The summed E-state index contributed by atoms with van der Waals surface area (Å²) >= 11 is 6.97. The van der Waals surface area contributed by atoms with Gasteiger partial charge in [-0.25, -0.2) is 4.98 Å². The first kappa shape index (κ1) is 10.9. The average molecular weight is 255 g/mol. The molecule has 0 atom stereocenters. The molecular formula is C8H7ClN6S. The quantitative estimate of drug-likeness (QED) is 0.891. The minimum Gasteiger partial charge on any atom is -0.360 e. The van der Waals surface area contributed by atoms with Gasteiger partial charge in [-0.05, 0) is 0 Å². The van der Waals surface area contributed by atoms with Crippen molar-refractivity contribution in [3.05, 3.63) is 22.4 Å². The Balaban J connectivity index is 1.88. The molecule has 0 aliphatic rings. The molecular weight excluding hydrogens is 248 g/mol. The van der Waals surface area contributed by atoms with Crippen LogP contribution in [0.4, 0.5) is 5.13 Å². The number of nitrogens with zero attached hydrogens (tertiary/aromatic N) is 5. The zero-order valence-electron chi connectivity index (χ0n) is 8.09. The molecule has 0 saturated carbocycles. The Morgan fingerprint density at radius 3 is 3.12 bits per heavy atom. The molecule has 16 heavy (non-hydrogen) atoms. The molecule has 0 aromatic carbocycles. The molecule has 0 aliphatic carbocycles. The van der Waals surface area contributed by atoms with Crippen molar-refractivity contribution in [2.45, 2.75) is 6.54 Å². The predicted molar refractivity (Wildman–Crippen MR) is 60.4 cm³/mol. The second-order valence-corrected chi connectivity index (χ2v) is 4.20. The molecule has 82 valence electrons. The molecule has 1 N–H and O–H groups in total. The van der Waals surface area contributed by atoms with Crippen LogP contribution in [-0.2, 0) is 6.54 Å². The maximum atomic E-state index is 8.69. The Labute approximate surface area is 100 Å². The number of nitrogens with one attached hydrogen (secondary N) is 1. The Bertz CT molecular complexity index is 499. The molecule has 0 unspecified atom stereocenters. The summed E-state index contributed by atoms with van der Waals surface area (Å²) in [5, 5.41) is 20.1. The maximum absolute atomic E-state index is 8.69. The smallest absolute Gasteiger partial charge is 0.185 e. The normalized spacial score (nSPS) is 10.0. The van der Waals surface area contributed by atoms with Crippen LogP contribution in [-0.4, -0.2) is 26.5 Å². The summed E-state index contributed by atoms with van der Waals surface area (Å²) in [6, 6.07) is 1.98. The van der Waals surface area contributed by atoms with Gasteiger partial charge in [-0.3, -0.25) is 4.68 Å². The average Bonchev–Trinajstić information content (AvgIpc) is 2.88. The Morgan fingerprint density at radius 2 is 2.50 bits per heavy atom. The molecule has 6 nitrogen and oxygen atoms in total. The number of thiazole rings is 1. The molecule has 2 rings (SSSR count). The molecule has 0 aliphatic heterocycles. The molecule has 0 fully saturated rings. The van der Waals surface area contributed by atoms with Gasteiger partial charge >= 0.3 is 0 Å². The van der Waals surface area contributed by atoms with Gasteiger partial charge in [-0.1, -0.05) is 28.2 Å². The van der Waals surface area contributed by atoms with Gasteiger partial charge in [-0.2, -0.15) is 5.26 Å². The number of halogens is 1. The lowest BCUT2D eigenvalue weighted by molar-refractivity contribution is 0.609. The second-order valence-electron chi connectivity index (χ2n) is 2.84. The summed E-state index contributed by atoms with van der Waals surface area (Å²) in [6.45, 7) is 1.33. The van der Waals surface area contributed by atoms with Crippen LogP contribution in [0.15, 0.2) is 12.4 Å². The minimum atomic E-state index is 0.246. The fraction of sp³-hybridized carbons (Fsp3) is 0.250. The van der Waals surface area contributed by atoms with E-state index in [2.05, 4.69) is 20.6 Å². The summed E-state index contributed by atoms with van der Waals surface area (Å²) < 4.78 is 1.70. The maximum Gasteiger partial charge on any atom is 0.185 e. The molecule has 0 amide bonds. The lowest BCUT2D eigenvalue weighted by atomic mass is 10.6. The topological polar surface area (TPSA) is 79.4 Å². The highest BCUT2D eigenvalue weighted by Crippen LogP contribution is 2.25. The highest BCUT2D eigenvalue weighted by atomic mass is 35.5. The fourth-order valence-corrected chi connectivity index (χ4v) is 2.05. The standard InChI is InChI=1S/C8H7ClN6S/c9-7-6(5-10)16-8(13-7)11-1-3-15-4-2-12-14-15/h2,4H,1,3H2,(H,11,13). The predicted octanol–water partition coefficient (Wildman–Crippen LogP) is 1.37. The van der Waals surface area contributed by atoms with E-state index in [1.807, 2.05) is 6.07 Å². The van der Waals surface area contributed by atoms with Crippen molar-refractivity contribution < 1.29 is 0 Å². The van der Waals surface area contributed by atoms with E-state index < -0.39 is 0 Å². The number of rotatable bonds is 4. The third-order valence-electron chi connectivity index (χ3n) is 1.78. The lowest BCUT2D eigenvalue weighted by Gasteiger charge is -2.01. The third-order valence-corrected chi connectivity index (χ3v) is 3.08. The largest absolute Gasteiger partial charge is 0.360 e. The summed E-state index contributed by atoms with van der Waals surface area (Å²) in [5.41, 5.74) is 0. The number of aromatic nitrogens is 4. The Hall–Kier alpha value is -1.65. The van der Waals surface area contributed by atoms with E-state index >= 15 is 0 Å². The van der Waals surface area contributed by atoms with Crippen LogP contribution in [0.2, 0.25) is 5.15 Å². The zero-order valence-corrected chi connectivity index (χ0v) is 9.66. The van der Waals surface area contributed by atoms with E-state index in [4.69, 9.17) is 16.9 Å². The highest BCUT2D eigenvalue weighted by molar-refractivity contribution is 7.16. The number of nitriles is 1. The fourth-order valence-electron chi connectivity index (χ4n) is 1.08. The number of hydrogen-bond acceptors (Lipinski definition) is 6. The van der Waals surface area contributed by atoms with Gasteiger partial charge in [0.2, 0.25) is 0 Å². The summed E-state index contributed by atoms with van der Waals surface area (Å²) in [4.78, 5) is 4.43. The van der Waals surface area contributed by atoms with Crippen molar-refractivity contribution in [1.29, 1.82) is 5.26 Å². The molecule has 2 heterocycles. The minimum absolute atomic E-state index is 0.246. The molecule has 0 bridgehead atoms. The summed E-state index contributed by atoms with van der Waals surface area (Å²) in [6.07, 6.45) is 3.39. The van der Waals surface area contributed by atoms with E-state index in [1.54, 1.807) is 17.1 Å². The molecule has 0 spiro atoms. The van der Waals surface area contributed by atoms with Crippen LogP contribution in [0.3, 0.4) is 0 Å². The SMILES string of the molecule is N#Cc1sc(NCCn2ccnn2)nc1Cl. The molecule has 0 radical (unpaired) electrons. The van der Waals surface area contributed by atoms with Gasteiger partial charge in [0, 0.05) is 12.7 Å². The molecule has 2 aromatic heterocycles. The van der Waals surface area contributed by atoms with Crippen LogP contribution >= 0.6 is 22.9 Å². The molecule has 0 saturated heterocycles. The summed E-state index contributed by atoms with van der Waals surface area (Å²) in [7, 11) is 0. The van der Waals surface area contributed by atoms with Crippen molar-refractivity contribution in [2.75, 3.05) is 11.9 Å². The lowest BCUT2D eigenvalue weighted by Crippen LogP contribution is -2.10. The van der Waals surface area contributed by atoms with Crippen LogP contribution in [0.25, 0.3) is 0 Å². The van der Waals surface area contributed by atoms with Crippen molar-refractivity contribution in [3.63, 3.8) is 0 Å². The monoisotopic (exact) mass is 254 g/mol. The van der Waals surface area contributed by atoms with E-state index in [0.29, 0.717) is 23.1 Å². The summed E-state index contributed by atoms with van der Waals surface area (Å²) in [5.74, 6) is 0. The highest BCUT2D eigenvalue weighted by Gasteiger charge is 2.07. The van der Waals surface area contributed by atoms with Crippen LogP contribution < -0.4 is 5.32 Å². The van der Waals surface area contributed by atoms with Gasteiger partial charge in [-0.15, -0.1) is 5.10 Å². The second kappa shape index (κ2) is 4.92. The van der Waals surface area contributed by atoms with Gasteiger partial charge < -0.3 is 5.32 Å². The third kappa shape index (κ3) is 2.48. The van der Waals surface area contributed by atoms with Crippen molar-refractivity contribution >= 4 is 28.1 Å². The van der Waals surface area contributed by atoms with Crippen molar-refractivity contribution in [1.82, 2.24) is 20.0 Å². The first-order chi connectivity index (χ1) is 7.79. The molecule has 2 aromatic rings. The van der Waals surface area contributed by atoms with Gasteiger partial charge in [0.25, 0.3) is 0 Å². The number of hydrogen-bond donors (Lipinski definition) is 1. The van der Waals surface area contributed by atoms with Crippen molar-refractivity contribution in [3.8, 4) is 6.07 Å². The van der Waals surface area contributed by atoms with E-state index in [9.17, 15) is 0 Å². The van der Waals surface area contributed by atoms with Crippen LogP contribution in [0.5, 0.6) is 0 Å². The Kier molecular flexibility index (Phi) is 3.34. The zero-order chi connectivity index (χ0) is 11.4. The van der Waals surface area contributed by atoms with Gasteiger partial charge in [0.05, 0.1) is 12.7 Å².